The van der Waals surface area contributed by atoms with Gasteiger partial charge >= 0.3 is 12.0 Å². The summed E-state index contributed by atoms with van der Waals surface area (Å²) in [5, 5.41) is 10.4. The zero-order chi connectivity index (χ0) is 28.1. The van der Waals surface area contributed by atoms with E-state index in [1.807, 2.05) is 17.0 Å². The van der Waals surface area contributed by atoms with E-state index in [1.165, 1.54) is 7.05 Å². The van der Waals surface area contributed by atoms with Crippen LogP contribution in [0.5, 0.6) is 11.5 Å². The van der Waals surface area contributed by atoms with Crippen molar-refractivity contribution in [3.8, 4) is 11.5 Å². The van der Waals surface area contributed by atoms with E-state index in [1.54, 1.807) is 15.9 Å². The molecule has 12 nitrogen and oxygen atoms in total. The van der Waals surface area contributed by atoms with Gasteiger partial charge in [0.2, 0.25) is 18.6 Å². The number of nitrogens with zero attached hydrogens (tertiary/aromatic N) is 4. The lowest BCUT2D eigenvalue weighted by atomic mass is 9.84. The second-order valence-corrected chi connectivity index (χ2v) is 10.4. The standard InChI is InChI=1S/C27H39N5O7/c1-3-4-10-30(13-9-28)24(34)16-32-15-19(18-5-6-21-22(14-18)39-17-38-21)25(26(35)36)20(32)7-11-31-12-8-23(33)29(2)27(31)37/h5-6,14,19-20,25H,3-4,7-13,15-17,28H2,1-2H3,(H,35,36)/t19-,20+,25?/m1/s1. The van der Waals surface area contributed by atoms with Crippen molar-refractivity contribution in [1.82, 2.24) is 19.6 Å². The third-order valence-electron chi connectivity index (χ3n) is 7.95. The lowest BCUT2D eigenvalue weighted by molar-refractivity contribution is -0.143. The van der Waals surface area contributed by atoms with Crippen molar-refractivity contribution in [2.75, 3.05) is 59.7 Å². The maximum atomic E-state index is 13.4. The van der Waals surface area contributed by atoms with Gasteiger partial charge in [-0.25, -0.2) is 4.79 Å². The quantitative estimate of drug-likeness (QED) is 0.395. The largest absolute Gasteiger partial charge is 0.481 e. The summed E-state index contributed by atoms with van der Waals surface area (Å²) < 4.78 is 11.0. The Kier molecular flexibility index (Phi) is 9.28. The number of carboxylic acids is 1. The Morgan fingerprint density at radius 3 is 2.67 bits per heavy atom. The molecule has 12 heteroatoms. The van der Waals surface area contributed by atoms with Crippen LogP contribution in [0.4, 0.5) is 4.79 Å². The van der Waals surface area contributed by atoms with Gasteiger partial charge in [0.05, 0.1) is 12.5 Å². The highest BCUT2D eigenvalue weighted by molar-refractivity contribution is 5.96. The van der Waals surface area contributed by atoms with E-state index in [2.05, 4.69) is 6.92 Å². The number of hydrogen-bond acceptors (Lipinski definition) is 8. The van der Waals surface area contributed by atoms with Gasteiger partial charge in [0.15, 0.2) is 11.5 Å². The van der Waals surface area contributed by atoms with Crippen LogP contribution in [0.25, 0.3) is 0 Å². The SMILES string of the molecule is CCCCN(CCN)C(=O)CN1C[C@H](c2ccc3c(c2)OCO3)C(C(=O)O)[C@@H]1CCN1CCC(=O)N(C)C1=O. The normalized spacial score (nSPS) is 23.0. The van der Waals surface area contributed by atoms with E-state index in [0.717, 1.165) is 23.3 Å². The first-order valence-electron chi connectivity index (χ1n) is 13.6. The number of rotatable bonds is 12. The molecule has 0 spiro atoms. The second kappa shape index (κ2) is 12.6. The minimum absolute atomic E-state index is 0.0611. The molecule has 3 heterocycles. The van der Waals surface area contributed by atoms with Crippen molar-refractivity contribution in [2.24, 2.45) is 11.7 Å². The second-order valence-electron chi connectivity index (χ2n) is 10.4. The topological polar surface area (TPSA) is 146 Å². The smallest absolute Gasteiger partial charge is 0.326 e. The molecule has 4 rings (SSSR count). The maximum Gasteiger partial charge on any atom is 0.326 e. The van der Waals surface area contributed by atoms with Gasteiger partial charge in [-0.15, -0.1) is 0 Å². The third-order valence-corrected chi connectivity index (χ3v) is 7.95. The van der Waals surface area contributed by atoms with Crippen LogP contribution in [0.1, 0.15) is 44.1 Å². The Morgan fingerprint density at radius 2 is 1.95 bits per heavy atom. The Morgan fingerprint density at radius 1 is 1.18 bits per heavy atom. The van der Waals surface area contributed by atoms with Crippen LogP contribution in [0.3, 0.4) is 0 Å². The molecule has 3 aliphatic heterocycles. The summed E-state index contributed by atoms with van der Waals surface area (Å²) in [6, 6.07) is 4.57. The number of carbonyl (C=O) groups excluding carboxylic acids is 3. The highest BCUT2D eigenvalue weighted by Gasteiger charge is 2.47. The summed E-state index contributed by atoms with van der Waals surface area (Å²) in [6.07, 6.45) is 2.37. The van der Waals surface area contributed by atoms with Crippen molar-refractivity contribution in [3.63, 3.8) is 0 Å². The molecule has 1 aromatic rings. The first kappa shape index (κ1) is 28.6. The van der Waals surface area contributed by atoms with Gasteiger partial charge in [0.1, 0.15) is 0 Å². The van der Waals surface area contributed by atoms with Crippen LogP contribution < -0.4 is 15.2 Å². The van der Waals surface area contributed by atoms with Crippen LogP contribution in [0, 0.1) is 5.92 Å². The summed E-state index contributed by atoms with van der Waals surface area (Å²) in [5.74, 6) is -1.30. The number of amides is 4. The molecule has 0 bridgehead atoms. The van der Waals surface area contributed by atoms with Gasteiger partial charge in [0, 0.05) is 64.7 Å². The Hall–Kier alpha value is -3.38. The van der Waals surface area contributed by atoms with Crippen molar-refractivity contribution in [1.29, 1.82) is 0 Å². The first-order chi connectivity index (χ1) is 18.7. The number of ether oxygens (including phenoxy) is 2. The first-order valence-corrected chi connectivity index (χ1v) is 13.6. The number of benzene rings is 1. The number of fused-ring (bicyclic) bond motifs is 1. The van der Waals surface area contributed by atoms with Crippen molar-refractivity contribution < 1.29 is 33.8 Å². The minimum atomic E-state index is -0.959. The number of imide groups is 1. The van der Waals surface area contributed by atoms with Gasteiger partial charge in [-0.3, -0.25) is 24.2 Å². The van der Waals surface area contributed by atoms with Crippen LogP contribution in [-0.2, 0) is 14.4 Å². The van der Waals surface area contributed by atoms with Gasteiger partial charge in [0.25, 0.3) is 0 Å². The Balaban J connectivity index is 1.58. The number of unbranched alkanes of at least 4 members (excludes halogenated alkanes) is 1. The average Bonchev–Trinajstić information content (AvgIpc) is 3.53. The third kappa shape index (κ3) is 6.27. The number of carbonyl (C=O) groups is 4. The summed E-state index contributed by atoms with van der Waals surface area (Å²) in [7, 11) is 1.45. The predicted molar refractivity (Wildman–Crippen MR) is 141 cm³/mol. The maximum absolute atomic E-state index is 13.4. The fraction of sp³-hybridized carbons (Fsp3) is 0.630. The van der Waals surface area contributed by atoms with E-state index >= 15 is 0 Å². The summed E-state index contributed by atoms with van der Waals surface area (Å²) in [6.45, 7) is 4.56. The molecular weight excluding hydrogens is 506 g/mol. The minimum Gasteiger partial charge on any atom is -0.481 e. The molecule has 0 aliphatic carbocycles. The van der Waals surface area contributed by atoms with Crippen molar-refractivity contribution in [3.05, 3.63) is 23.8 Å². The fourth-order valence-corrected chi connectivity index (χ4v) is 5.78. The summed E-state index contributed by atoms with van der Waals surface area (Å²) in [5.41, 5.74) is 6.57. The molecule has 2 fully saturated rings. The zero-order valence-electron chi connectivity index (χ0n) is 22.7. The van der Waals surface area contributed by atoms with Crippen LogP contribution in [-0.4, -0.2) is 114 Å². The molecule has 3 aliphatic rings. The highest BCUT2D eigenvalue weighted by Crippen LogP contribution is 2.42. The molecule has 0 saturated carbocycles. The number of carboxylic acid groups (broad SMARTS) is 1. The molecular formula is C27H39N5O7. The van der Waals surface area contributed by atoms with E-state index in [0.29, 0.717) is 44.1 Å². The molecule has 3 atom stereocenters. The van der Waals surface area contributed by atoms with Crippen molar-refractivity contribution >= 4 is 23.8 Å². The predicted octanol–water partition coefficient (Wildman–Crippen LogP) is 1.15. The Bertz CT molecular complexity index is 1080. The molecule has 0 aromatic heterocycles. The monoisotopic (exact) mass is 545 g/mol. The Labute approximate surface area is 228 Å². The molecule has 1 unspecified atom stereocenters. The van der Waals surface area contributed by atoms with E-state index < -0.39 is 23.8 Å². The van der Waals surface area contributed by atoms with Crippen molar-refractivity contribution in [2.45, 2.75) is 44.6 Å². The fourth-order valence-electron chi connectivity index (χ4n) is 5.78. The lowest BCUT2D eigenvalue weighted by Crippen LogP contribution is -2.52. The van der Waals surface area contributed by atoms with E-state index in [9.17, 15) is 24.3 Å². The lowest BCUT2D eigenvalue weighted by Gasteiger charge is -2.34. The van der Waals surface area contributed by atoms with Crippen LogP contribution in [0.15, 0.2) is 18.2 Å². The van der Waals surface area contributed by atoms with E-state index in [4.69, 9.17) is 15.2 Å². The van der Waals surface area contributed by atoms with Gasteiger partial charge in [-0.1, -0.05) is 19.4 Å². The summed E-state index contributed by atoms with van der Waals surface area (Å²) in [4.78, 5) is 57.1. The van der Waals surface area contributed by atoms with Gasteiger partial charge in [-0.05, 0) is 30.5 Å². The van der Waals surface area contributed by atoms with Crippen LogP contribution >= 0.6 is 0 Å². The molecule has 2 saturated heterocycles. The zero-order valence-corrected chi connectivity index (χ0v) is 22.7. The molecule has 0 radical (unpaired) electrons. The molecule has 39 heavy (non-hydrogen) atoms. The number of hydrogen-bond donors (Lipinski definition) is 2. The highest BCUT2D eigenvalue weighted by atomic mass is 16.7. The van der Waals surface area contributed by atoms with Gasteiger partial charge < -0.3 is 30.1 Å². The number of nitrogens with two attached hydrogens (primary N) is 1. The number of aliphatic carboxylic acids is 1. The number of urea groups is 1. The number of likely N-dealkylation sites (tertiary alicyclic amines) is 1. The van der Waals surface area contributed by atoms with E-state index in [-0.39, 0.29) is 50.7 Å². The molecule has 214 valence electrons. The average molecular weight is 546 g/mol. The molecule has 4 amide bonds. The van der Waals surface area contributed by atoms with Gasteiger partial charge in [-0.2, -0.15) is 0 Å². The summed E-state index contributed by atoms with van der Waals surface area (Å²) >= 11 is 0. The molecule has 3 N–H and O–H groups in total. The van der Waals surface area contributed by atoms with Crippen LogP contribution in [0.2, 0.25) is 0 Å². The molecule has 1 aromatic carbocycles.